The molecule has 42 heteroatoms. The van der Waals surface area contributed by atoms with Crippen LogP contribution in [0.3, 0.4) is 0 Å². The molecule has 112 heavy (non-hydrogen) atoms. The summed E-state index contributed by atoms with van der Waals surface area (Å²) in [6.45, 7) is 0.751. The van der Waals surface area contributed by atoms with E-state index in [9.17, 15) is 116 Å². The lowest BCUT2D eigenvalue weighted by atomic mass is 9.90. The Hall–Kier alpha value is -10.9. The maximum absolute atomic E-state index is 13.7. The monoisotopic (exact) mass is 1600 g/mol. The fourth-order valence-corrected chi connectivity index (χ4v) is 10.8. The molecule has 5 unspecified atom stereocenters. The molecule has 3 fully saturated rings. The van der Waals surface area contributed by atoms with Gasteiger partial charge in [0.05, 0.1) is 25.7 Å². The number of hydroxylamine groups is 2. The largest absolute Gasteiger partial charge is 0.471 e. The summed E-state index contributed by atoms with van der Waals surface area (Å²) in [5.41, 5.74) is 15.1. The van der Waals surface area contributed by atoms with Crippen molar-refractivity contribution in [2.45, 2.75) is 171 Å². The van der Waals surface area contributed by atoms with E-state index in [4.69, 9.17) is 22.0 Å². The summed E-state index contributed by atoms with van der Waals surface area (Å²) in [6, 6.07) is 21.3. The lowest BCUT2D eigenvalue weighted by Crippen LogP contribution is -2.69. The van der Waals surface area contributed by atoms with Crippen LogP contribution in [0.5, 0.6) is 0 Å². The maximum Gasteiger partial charge on any atom is 0.471 e. The molecule has 2 heterocycles. The van der Waals surface area contributed by atoms with Gasteiger partial charge in [0.1, 0.15) is 23.8 Å². The standard InChI is InChI=1S/C23H26F5N5O5.C21H24F2N4O7.C19H31N5O3.C7H13F3N2O/c24-17(25)19(36)30-14-8-4-10-22(14,32-16(34)12-29-18(35)13-6-2-1-3-7-13)21(38)33-11-5-9-15(33)31-20(37)23(26,27)28;22-18(23)20(32)24-11-5-4-8-14(21(33)34-27-16(29)9-10-17(27)30)26-15(28)12-25-19(31)13-6-2-1-3-7-13;20-11-5-4-10-16(19(27)22-13-7-6-12-21)24-17(25)14-23-18(26)15-8-2-1-3-9-15;8-7(9,10)6(13)12-5-3-1-2-4-11/h1-3,6-7,14-15,17H,4-5,8-12H2,(H,29,35)(H,30,36)(H,31,37)(H,32,34);1-3,6-7,14,18H,4-5,8-12H2,(H,24,32)(H,25,31)(H,26,28);1-3,8-9,16H,4-7,10-14,20-21H2,(H,22,27)(H,23,26)(H,24,25);1-5,11H2,(H,12,13). The third-order valence-electron chi connectivity index (χ3n) is 16.5. The zero-order valence-corrected chi connectivity index (χ0v) is 60.9. The van der Waals surface area contributed by atoms with Crippen LogP contribution in [-0.2, 0) is 62.4 Å². The van der Waals surface area contributed by atoms with Gasteiger partial charge >= 0.3 is 43.0 Å². The molecule has 32 nitrogen and oxygen atoms in total. The molecule has 3 aromatic carbocycles. The normalized spacial score (nSPS) is 16.2. The molecule has 0 bridgehead atoms. The zero-order chi connectivity index (χ0) is 83.4. The molecule has 0 radical (unpaired) electrons. The summed E-state index contributed by atoms with van der Waals surface area (Å²) in [5, 5.41) is 25.5. The van der Waals surface area contributed by atoms with Crippen molar-refractivity contribution < 1.29 is 121 Å². The summed E-state index contributed by atoms with van der Waals surface area (Å²) in [5.74, 6) is -14.4. The number of rotatable bonds is 38. The molecule has 1 saturated carbocycles. The smallest absolute Gasteiger partial charge is 0.354 e. The SMILES string of the molecule is NCCCCCNC(=O)C(F)(F)F.NCCCCNC(=O)C(CCCCN)NC(=O)CNC(=O)c1ccccc1.O=C(CNC(=O)c1ccccc1)NC(CCCCNC(=O)C(F)F)C(=O)ON1C(=O)CCC1=O.O=C(CNC(=O)c1ccccc1)NC1(C(=O)N2CCCC2NC(=O)C(F)(F)F)CCCC1NC(=O)C(F)F. The van der Waals surface area contributed by atoms with Crippen molar-refractivity contribution in [3.05, 3.63) is 108 Å². The van der Waals surface area contributed by atoms with E-state index in [0.29, 0.717) is 55.2 Å². The lowest BCUT2D eigenvalue weighted by Gasteiger charge is -2.40. The van der Waals surface area contributed by atoms with Crippen LogP contribution in [0, 0.1) is 0 Å². The molecule has 14 amide bonds. The Bertz CT molecular complexity index is 3560. The van der Waals surface area contributed by atoms with E-state index in [1.807, 2.05) is 16.7 Å². The van der Waals surface area contributed by atoms with Gasteiger partial charge in [-0.15, -0.1) is 5.06 Å². The van der Waals surface area contributed by atoms with Crippen LogP contribution in [0.15, 0.2) is 91.0 Å². The molecular weight excluding hydrogens is 1510 g/mol. The first-order valence-corrected chi connectivity index (χ1v) is 35.6. The molecule has 0 aromatic heterocycles. The van der Waals surface area contributed by atoms with Gasteiger partial charge in [0, 0.05) is 55.7 Å². The Morgan fingerprint density at radius 2 is 0.893 bits per heavy atom. The van der Waals surface area contributed by atoms with Crippen molar-refractivity contribution >= 4 is 88.7 Å². The van der Waals surface area contributed by atoms with Crippen molar-refractivity contribution in [1.82, 2.24) is 68.4 Å². The van der Waals surface area contributed by atoms with E-state index in [0.717, 1.165) is 43.4 Å². The summed E-state index contributed by atoms with van der Waals surface area (Å²) in [6.07, 6.45) is -11.9. The topological polar surface area (TPSA) is 482 Å². The molecule has 1 aliphatic carbocycles. The highest BCUT2D eigenvalue weighted by Crippen LogP contribution is 2.35. The average molecular weight is 1610 g/mol. The van der Waals surface area contributed by atoms with Crippen LogP contribution in [0.25, 0.3) is 0 Å². The number of alkyl halides is 10. The van der Waals surface area contributed by atoms with E-state index >= 15 is 0 Å². The number of nitrogens with two attached hydrogens (primary N) is 3. The number of hydrogen-bond acceptors (Lipinski definition) is 19. The lowest BCUT2D eigenvalue weighted by molar-refractivity contribution is -0.199. The number of benzene rings is 3. The second-order valence-electron chi connectivity index (χ2n) is 25.0. The Balaban J connectivity index is 0.000000407. The second-order valence-corrected chi connectivity index (χ2v) is 25.0. The summed E-state index contributed by atoms with van der Waals surface area (Å²) < 4.78 is 124. The van der Waals surface area contributed by atoms with Gasteiger partial charge in [0.15, 0.2) is 0 Å². The van der Waals surface area contributed by atoms with Crippen molar-refractivity contribution in [2.75, 3.05) is 65.4 Å². The molecule has 0 spiro atoms. The highest BCUT2D eigenvalue weighted by atomic mass is 19.4. The van der Waals surface area contributed by atoms with Gasteiger partial charge in [0.2, 0.25) is 23.6 Å². The van der Waals surface area contributed by atoms with Crippen molar-refractivity contribution in [3.63, 3.8) is 0 Å². The number of amides is 14. The molecular formula is C70H94F10N16O16. The van der Waals surface area contributed by atoms with E-state index in [1.54, 1.807) is 83.4 Å². The first-order valence-electron chi connectivity index (χ1n) is 35.6. The van der Waals surface area contributed by atoms with Crippen LogP contribution in [0.4, 0.5) is 43.9 Å². The van der Waals surface area contributed by atoms with Gasteiger partial charge in [-0.25, -0.2) is 4.79 Å². The predicted molar refractivity (Wildman–Crippen MR) is 378 cm³/mol. The molecule has 620 valence electrons. The van der Waals surface area contributed by atoms with Gasteiger partial charge in [0.25, 0.3) is 47.3 Å². The first kappa shape index (κ1) is 95.3. The predicted octanol–water partition coefficient (Wildman–Crippen LogP) is 1.57. The third-order valence-corrected chi connectivity index (χ3v) is 16.5. The van der Waals surface area contributed by atoms with E-state index in [-0.39, 0.29) is 108 Å². The molecule has 2 saturated heterocycles. The molecule has 2 aliphatic heterocycles. The molecule has 5 atom stereocenters. The number of imide groups is 1. The van der Waals surface area contributed by atoms with Crippen LogP contribution in [0.2, 0.25) is 0 Å². The summed E-state index contributed by atoms with van der Waals surface area (Å²) >= 11 is 0. The number of nitrogens with one attached hydrogen (secondary N) is 11. The number of carbonyl (C=O) groups is 15. The molecule has 3 aromatic rings. The maximum atomic E-state index is 13.7. The van der Waals surface area contributed by atoms with Crippen LogP contribution in [0.1, 0.15) is 147 Å². The van der Waals surface area contributed by atoms with Gasteiger partial charge in [-0.2, -0.15) is 43.9 Å². The number of hydrogen-bond donors (Lipinski definition) is 14. The zero-order valence-electron chi connectivity index (χ0n) is 60.9. The fraction of sp³-hybridized carbons (Fsp3) is 0.529. The number of nitrogens with zero attached hydrogens (tertiary/aromatic N) is 2. The molecule has 3 aliphatic rings. The highest BCUT2D eigenvalue weighted by Gasteiger charge is 2.55. The first-order chi connectivity index (χ1) is 53.1. The minimum Gasteiger partial charge on any atom is -0.354 e. The van der Waals surface area contributed by atoms with Gasteiger partial charge in [-0.1, -0.05) is 61.0 Å². The van der Waals surface area contributed by atoms with E-state index in [2.05, 4.69) is 37.2 Å². The van der Waals surface area contributed by atoms with Crippen molar-refractivity contribution in [3.8, 4) is 0 Å². The fourth-order valence-electron chi connectivity index (χ4n) is 10.8. The van der Waals surface area contributed by atoms with Crippen molar-refractivity contribution in [1.29, 1.82) is 0 Å². The van der Waals surface area contributed by atoms with E-state index in [1.165, 1.54) is 12.1 Å². The number of likely N-dealkylation sites (tertiary alicyclic amines) is 1. The number of unbranched alkanes of at least 4 members (excludes halogenated alkanes) is 5. The van der Waals surface area contributed by atoms with Crippen LogP contribution < -0.4 is 75.7 Å². The van der Waals surface area contributed by atoms with E-state index < -0.39 is 145 Å². The molecule has 17 N–H and O–H groups in total. The van der Waals surface area contributed by atoms with Gasteiger partial charge in [-0.3, -0.25) is 67.1 Å². The Morgan fingerprint density at radius 1 is 0.473 bits per heavy atom. The summed E-state index contributed by atoms with van der Waals surface area (Å²) in [7, 11) is 0. The highest BCUT2D eigenvalue weighted by molar-refractivity contribution is 6.03. The molecule has 6 rings (SSSR count). The van der Waals surface area contributed by atoms with Gasteiger partial charge in [-0.05, 0) is 152 Å². The second kappa shape index (κ2) is 50.1. The summed E-state index contributed by atoms with van der Waals surface area (Å²) in [4.78, 5) is 186. The van der Waals surface area contributed by atoms with Crippen molar-refractivity contribution in [2.24, 2.45) is 17.2 Å². The Kier molecular flexibility index (Phi) is 42.6. The average Bonchev–Trinajstić information content (AvgIpc) is 1.55. The number of halogens is 10. The minimum absolute atomic E-state index is 0.00821. The van der Waals surface area contributed by atoms with Crippen LogP contribution in [-0.4, -0.2) is 219 Å². The van der Waals surface area contributed by atoms with Gasteiger partial charge < -0.3 is 85.4 Å². The Morgan fingerprint density at radius 3 is 1.38 bits per heavy atom. The minimum atomic E-state index is -5.21. The Labute approximate surface area is 636 Å². The van der Waals surface area contributed by atoms with Crippen LogP contribution >= 0.6 is 0 Å². The third kappa shape index (κ3) is 35.0. The number of carbonyl (C=O) groups excluding carboxylic acids is 15. The quantitative estimate of drug-likeness (QED) is 0.0220.